The summed E-state index contributed by atoms with van der Waals surface area (Å²) in [7, 11) is 0. The number of aromatic nitrogens is 1. The first kappa shape index (κ1) is 21.4. The van der Waals surface area contributed by atoms with E-state index >= 15 is 0 Å². The number of ether oxygens (including phenoxy) is 1. The van der Waals surface area contributed by atoms with E-state index in [4.69, 9.17) is 9.84 Å². The Kier molecular flexibility index (Phi) is 7.74. The van der Waals surface area contributed by atoms with Crippen LogP contribution < -0.4 is 5.32 Å². The van der Waals surface area contributed by atoms with Crippen molar-refractivity contribution in [2.24, 2.45) is 0 Å². The molecule has 1 saturated heterocycles. The number of nitrogens with zero attached hydrogens (tertiary/aromatic N) is 2. The Bertz CT molecular complexity index is 816. The van der Waals surface area contributed by atoms with E-state index in [1.807, 2.05) is 12.3 Å². The molecule has 1 atom stereocenters. The number of amides is 1. The van der Waals surface area contributed by atoms with E-state index in [9.17, 15) is 9.59 Å². The number of carbonyl (C=O) groups is 2. The van der Waals surface area contributed by atoms with Crippen LogP contribution in [0.25, 0.3) is 10.6 Å². The third kappa shape index (κ3) is 6.35. The van der Waals surface area contributed by atoms with Gasteiger partial charge >= 0.3 is 5.97 Å². The van der Waals surface area contributed by atoms with Crippen molar-refractivity contribution in [2.75, 3.05) is 26.3 Å². The summed E-state index contributed by atoms with van der Waals surface area (Å²) >= 11 is 1.49. The summed E-state index contributed by atoms with van der Waals surface area (Å²) < 4.78 is 5.38. The number of thiazole rings is 1. The molecule has 2 heterocycles. The SMILES string of the molecule is CCCC(NC(=O)Cc1csc(-c2ccc(CN3CCOCC3)cc2)n1)C(=O)O. The van der Waals surface area contributed by atoms with Gasteiger partial charge in [-0.2, -0.15) is 0 Å². The van der Waals surface area contributed by atoms with E-state index in [0.717, 1.165) is 43.4 Å². The lowest BCUT2D eigenvalue weighted by atomic mass is 10.1. The van der Waals surface area contributed by atoms with Crippen LogP contribution in [0.2, 0.25) is 0 Å². The van der Waals surface area contributed by atoms with Gasteiger partial charge in [0, 0.05) is 30.6 Å². The van der Waals surface area contributed by atoms with Gasteiger partial charge in [0.05, 0.1) is 25.3 Å². The van der Waals surface area contributed by atoms with E-state index in [-0.39, 0.29) is 12.3 Å². The van der Waals surface area contributed by atoms with Gasteiger partial charge in [0.1, 0.15) is 11.0 Å². The van der Waals surface area contributed by atoms with Crippen molar-refractivity contribution >= 4 is 23.2 Å². The number of carbonyl (C=O) groups excluding carboxylic acids is 1. The Balaban J connectivity index is 1.56. The molecule has 1 aliphatic heterocycles. The second-order valence-electron chi connectivity index (χ2n) is 7.15. The molecule has 1 aromatic carbocycles. The molecule has 1 aliphatic rings. The third-order valence-electron chi connectivity index (χ3n) is 4.81. The van der Waals surface area contributed by atoms with Gasteiger partial charge in [0.15, 0.2) is 0 Å². The standard InChI is InChI=1S/C21H27N3O4S/c1-2-3-18(21(26)27)23-19(25)12-17-14-29-20(22-17)16-6-4-15(5-7-16)13-24-8-10-28-11-9-24/h4-7,14,18H,2-3,8-13H2,1H3,(H,23,25)(H,26,27). The first-order valence-corrected chi connectivity index (χ1v) is 10.8. The molecule has 0 spiro atoms. The predicted molar refractivity (Wildman–Crippen MR) is 112 cm³/mol. The zero-order valence-corrected chi connectivity index (χ0v) is 17.4. The van der Waals surface area contributed by atoms with E-state index in [1.54, 1.807) is 0 Å². The first-order valence-electron chi connectivity index (χ1n) is 9.91. The van der Waals surface area contributed by atoms with Gasteiger partial charge in [-0.25, -0.2) is 9.78 Å². The van der Waals surface area contributed by atoms with Gasteiger partial charge in [-0.05, 0) is 12.0 Å². The summed E-state index contributed by atoms with van der Waals surface area (Å²) in [5, 5.41) is 14.4. The fourth-order valence-electron chi connectivity index (χ4n) is 3.25. The number of rotatable bonds is 9. The molecule has 7 nitrogen and oxygen atoms in total. The normalized spacial score (nSPS) is 15.8. The minimum Gasteiger partial charge on any atom is -0.480 e. The zero-order valence-electron chi connectivity index (χ0n) is 16.6. The number of benzene rings is 1. The Morgan fingerprint density at radius 1 is 1.28 bits per heavy atom. The minimum atomic E-state index is -1.00. The third-order valence-corrected chi connectivity index (χ3v) is 5.76. The Hall–Kier alpha value is -2.29. The fourth-order valence-corrected chi connectivity index (χ4v) is 4.07. The minimum absolute atomic E-state index is 0.0824. The van der Waals surface area contributed by atoms with Gasteiger partial charge in [-0.15, -0.1) is 11.3 Å². The van der Waals surface area contributed by atoms with Crippen LogP contribution in [0.3, 0.4) is 0 Å². The molecular formula is C21H27N3O4S. The van der Waals surface area contributed by atoms with Crippen molar-refractivity contribution in [1.29, 1.82) is 0 Å². The summed E-state index contributed by atoms with van der Waals surface area (Å²) in [5.41, 5.74) is 2.92. The number of morpholine rings is 1. The van der Waals surface area contributed by atoms with E-state index in [0.29, 0.717) is 18.5 Å². The molecule has 29 heavy (non-hydrogen) atoms. The molecule has 1 aromatic heterocycles. The average molecular weight is 418 g/mol. The molecule has 1 unspecified atom stereocenters. The highest BCUT2D eigenvalue weighted by molar-refractivity contribution is 7.13. The van der Waals surface area contributed by atoms with Crippen molar-refractivity contribution in [1.82, 2.24) is 15.2 Å². The van der Waals surface area contributed by atoms with Crippen LogP contribution in [0.1, 0.15) is 31.0 Å². The smallest absolute Gasteiger partial charge is 0.326 e. The van der Waals surface area contributed by atoms with Crippen molar-refractivity contribution in [3.63, 3.8) is 0 Å². The first-order chi connectivity index (χ1) is 14.0. The second kappa shape index (κ2) is 10.5. The Morgan fingerprint density at radius 2 is 2.00 bits per heavy atom. The molecular weight excluding hydrogens is 390 g/mol. The van der Waals surface area contributed by atoms with Gasteiger partial charge in [0.25, 0.3) is 0 Å². The highest BCUT2D eigenvalue weighted by Crippen LogP contribution is 2.24. The Labute approximate surface area is 174 Å². The van der Waals surface area contributed by atoms with Crippen LogP contribution in [0.4, 0.5) is 0 Å². The summed E-state index contributed by atoms with van der Waals surface area (Å²) in [6.45, 7) is 6.30. The fraction of sp³-hybridized carbons (Fsp3) is 0.476. The maximum atomic E-state index is 12.2. The summed E-state index contributed by atoms with van der Waals surface area (Å²) in [5.74, 6) is -1.32. The molecule has 1 fully saturated rings. The van der Waals surface area contributed by atoms with Crippen molar-refractivity contribution in [2.45, 2.75) is 38.8 Å². The molecule has 2 aromatic rings. The number of hydrogen-bond donors (Lipinski definition) is 2. The number of nitrogens with one attached hydrogen (secondary N) is 1. The van der Waals surface area contributed by atoms with Crippen molar-refractivity contribution < 1.29 is 19.4 Å². The quantitative estimate of drug-likeness (QED) is 0.652. The summed E-state index contributed by atoms with van der Waals surface area (Å²) in [6, 6.07) is 7.49. The van der Waals surface area contributed by atoms with Crippen LogP contribution in [0, 0.1) is 0 Å². The van der Waals surface area contributed by atoms with Gasteiger partial charge < -0.3 is 15.2 Å². The van der Waals surface area contributed by atoms with Crippen molar-refractivity contribution in [3.05, 3.63) is 40.9 Å². The molecule has 156 valence electrons. The molecule has 3 rings (SSSR count). The largest absolute Gasteiger partial charge is 0.480 e. The van der Waals surface area contributed by atoms with Crippen LogP contribution in [0.15, 0.2) is 29.6 Å². The molecule has 0 radical (unpaired) electrons. The Morgan fingerprint density at radius 3 is 2.66 bits per heavy atom. The van der Waals surface area contributed by atoms with Gasteiger partial charge in [-0.1, -0.05) is 37.6 Å². The lowest BCUT2D eigenvalue weighted by Crippen LogP contribution is -2.41. The van der Waals surface area contributed by atoms with Crippen LogP contribution in [-0.2, 0) is 27.3 Å². The monoisotopic (exact) mass is 417 g/mol. The maximum Gasteiger partial charge on any atom is 0.326 e. The molecule has 2 N–H and O–H groups in total. The number of carboxylic acid groups (broad SMARTS) is 1. The number of carboxylic acids is 1. The van der Waals surface area contributed by atoms with Gasteiger partial charge in [0.2, 0.25) is 5.91 Å². The van der Waals surface area contributed by atoms with Crippen LogP contribution >= 0.6 is 11.3 Å². The van der Waals surface area contributed by atoms with Crippen LogP contribution in [-0.4, -0.2) is 59.2 Å². The van der Waals surface area contributed by atoms with Gasteiger partial charge in [-0.3, -0.25) is 9.69 Å². The highest BCUT2D eigenvalue weighted by atomic mass is 32.1. The zero-order chi connectivity index (χ0) is 20.6. The summed E-state index contributed by atoms with van der Waals surface area (Å²) in [4.78, 5) is 30.3. The molecule has 0 aliphatic carbocycles. The number of aliphatic carboxylic acids is 1. The van der Waals surface area contributed by atoms with E-state index < -0.39 is 12.0 Å². The molecule has 0 bridgehead atoms. The number of hydrogen-bond acceptors (Lipinski definition) is 6. The average Bonchev–Trinajstić information content (AvgIpc) is 3.17. The van der Waals surface area contributed by atoms with E-state index in [1.165, 1.54) is 16.9 Å². The molecule has 1 amide bonds. The molecule has 8 heteroatoms. The van der Waals surface area contributed by atoms with Crippen LogP contribution in [0.5, 0.6) is 0 Å². The van der Waals surface area contributed by atoms with E-state index in [2.05, 4.69) is 39.5 Å². The highest BCUT2D eigenvalue weighted by Gasteiger charge is 2.19. The predicted octanol–water partition coefficient (Wildman–Crippen LogP) is 2.55. The lowest BCUT2D eigenvalue weighted by Gasteiger charge is -2.26. The maximum absolute atomic E-state index is 12.2. The topological polar surface area (TPSA) is 91.8 Å². The van der Waals surface area contributed by atoms with Crippen molar-refractivity contribution in [3.8, 4) is 10.6 Å². The summed E-state index contributed by atoms with van der Waals surface area (Å²) in [6.07, 6.45) is 1.19. The second-order valence-corrected chi connectivity index (χ2v) is 8.01. The molecule has 0 saturated carbocycles. The lowest BCUT2D eigenvalue weighted by molar-refractivity contribution is -0.141.